The lowest BCUT2D eigenvalue weighted by Crippen LogP contribution is -1.93. The van der Waals surface area contributed by atoms with E-state index in [1.165, 1.54) is 24.3 Å². The van der Waals surface area contributed by atoms with E-state index in [-0.39, 0.29) is 27.2 Å². The number of hydrogen-bond donors (Lipinski definition) is 0. The van der Waals surface area contributed by atoms with E-state index in [2.05, 4.69) is 15.9 Å². The molecule has 0 radical (unpaired) electrons. The summed E-state index contributed by atoms with van der Waals surface area (Å²) in [5, 5.41) is 20.3. The molecule has 0 aliphatic carbocycles. The van der Waals surface area contributed by atoms with Crippen LogP contribution in [0.25, 0.3) is 0 Å². The van der Waals surface area contributed by atoms with Crippen molar-refractivity contribution in [2.24, 2.45) is 0 Å². The molecule has 0 spiro atoms. The third kappa shape index (κ3) is 2.90. The van der Waals surface area contributed by atoms with E-state index in [9.17, 15) is 10.1 Å². The molecule has 2 aromatic rings. The van der Waals surface area contributed by atoms with Crippen LogP contribution in [0.4, 0.5) is 5.69 Å². The molecular formula is C13H6BrClN2O3. The third-order valence-corrected chi connectivity index (χ3v) is 3.45. The molecule has 0 fully saturated rings. The highest BCUT2D eigenvalue weighted by atomic mass is 79.9. The number of halogens is 2. The lowest BCUT2D eigenvalue weighted by molar-refractivity contribution is -0.385. The maximum atomic E-state index is 10.8. The van der Waals surface area contributed by atoms with Gasteiger partial charge in [0.05, 0.1) is 10.5 Å². The zero-order chi connectivity index (χ0) is 14.7. The third-order valence-electron chi connectivity index (χ3n) is 2.42. The van der Waals surface area contributed by atoms with Gasteiger partial charge in [0.2, 0.25) is 0 Å². The van der Waals surface area contributed by atoms with Gasteiger partial charge in [0, 0.05) is 11.1 Å². The van der Waals surface area contributed by atoms with Crippen LogP contribution in [0.1, 0.15) is 5.56 Å². The molecule has 0 aliphatic rings. The molecule has 0 N–H and O–H groups in total. The van der Waals surface area contributed by atoms with Gasteiger partial charge in [-0.2, -0.15) is 5.26 Å². The second-order valence-electron chi connectivity index (χ2n) is 3.70. The largest absolute Gasteiger partial charge is 0.455 e. The molecule has 0 bridgehead atoms. The van der Waals surface area contributed by atoms with Crippen molar-refractivity contribution in [3.8, 4) is 17.6 Å². The van der Waals surface area contributed by atoms with Crippen LogP contribution in [0, 0.1) is 21.4 Å². The van der Waals surface area contributed by atoms with Gasteiger partial charge < -0.3 is 4.74 Å². The van der Waals surface area contributed by atoms with E-state index in [1.54, 1.807) is 12.1 Å². The van der Waals surface area contributed by atoms with Gasteiger partial charge in [-0.25, -0.2) is 0 Å². The smallest absolute Gasteiger partial charge is 0.287 e. The van der Waals surface area contributed by atoms with Gasteiger partial charge in [0.25, 0.3) is 5.69 Å². The van der Waals surface area contributed by atoms with Gasteiger partial charge in [0.1, 0.15) is 22.0 Å². The van der Waals surface area contributed by atoms with Crippen LogP contribution in [0.15, 0.2) is 40.9 Å². The first kappa shape index (κ1) is 14.3. The summed E-state index contributed by atoms with van der Waals surface area (Å²) in [7, 11) is 0. The zero-order valence-corrected chi connectivity index (χ0v) is 12.2. The first-order chi connectivity index (χ1) is 9.52. The van der Waals surface area contributed by atoms with Gasteiger partial charge >= 0.3 is 0 Å². The molecule has 7 heteroatoms. The van der Waals surface area contributed by atoms with Crippen LogP contribution in [0.2, 0.25) is 5.02 Å². The van der Waals surface area contributed by atoms with Crippen molar-refractivity contribution in [1.29, 1.82) is 5.26 Å². The fraction of sp³-hybridized carbons (Fsp3) is 0. The van der Waals surface area contributed by atoms with Crippen molar-refractivity contribution in [3.05, 3.63) is 61.6 Å². The van der Waals surface area contributed by atoms with Crippen LogP contribution in [0.5, 0.6) is 11.5 Å². The maximum Gasteiger partial charge on any atom is 0.287 e. The highest BCUT2D eigenvalue weighted by Crippen LogP contribution is 2.37. The van der Waals surface area contributed by atoms with Crippen molar-refractivity contribution >= 4 is 33.2 Å². The summed E-state index contributed by atoms with van der Waals surface area (Å²) >= 11 is 8.92. The van der Waals surface area contributed by atoms with Gasteiger partial charge in [-0.15, -0.1) is 0 Å². The van der Waals surface area contributed by atoms with E-state index in [0.29, 0.717) is 5.02 Å². The predicted molar refractivity (Wildman–Crippen MR) is 77.0 cm³/mol. The van der Waals surface area contributed by atoms with Crippen molar-refractivity contribution < 1.29 is 9.66 Å². The molecule has 0 saturated heterocycles. The first-order valence-corrected chi connectivity index (χ1v) is 6.50. The van der Waals surface area contributed by atoms with E-state index < -0.39 is 4.92 Å². The van der Waals surface area contributed by atoms with E-state index >= 15 is 0 Å². The summed E-state index contributed by atoms with van der Waals surface area (Å²) in [4.78, 5) is 10.3. The molecule has 100 valence electrons. The molecule has 0 saturated carbocycles. The number of hydrogen-bond acceptors (Lipinski definition) is 4. The fourth-order valence-electron chi connectivity index (χ4n) is 1.52. The summed E-state index contributed by atoms with van der Waals surface area (Å²) in [6.07, 6.45) is 0. The summed E-state index contributed by atoms with van der Waals surface area (Å²) < 4.78 is 5.76. The molecule has 0 aromatic heterocycles. The second kappa shape index (κ2) is 5.90. The minimum atomic E-state index is -0.524. The Morgan fingerprint density at radius 1 is 1.30 bits per heavy atom. The fourth-order valence-corrected chi connectivity index (χ4v) is 2.18. The molecule has 5 nitrogen and oxygen atoms in total. The number of nitriles is 1. The zero-order valence-electron chi connectivity index (χ0n) is 9.84. The average molecular weight is 354 g/mol. The molecule has 2 aromatic carbocycles. The van der Waals surface area contributed by atoms with E-state index in [1.807, 2.05) is 6.07 Å². The molecule has 0 aliphatic heterocycles. The summed E-state index contributed by atoms with van der Waals surface area (Å²) in [5.41, 5.74) is 0.130. The van der Waals surface area contributed by atoms with Crippen LogP contribution in [-0.4, -0.2) is 4.92 Å². The number of rotatable bonds is 3. The molecular weight excluding hydrogens is 348 g/mol. The van der Waals surface area contributed by atoms with Crippen molar-refractivity contribution in [1.82, 2.24) is 0 Å². The Morgan fingerprint density at radius 3 is 2.70 bits per heavy atom. The second-order valence-corrected chi connectivity index (χ2v) is 4.93. The Hall–Kier alpha value is -2.10. The highest BCUT2D eigenvalue weighted by Gasteiger charge is 2.17. The summed E-state index contributed by atoms with van der Waals surface area (Å²) in [6, 6.07) is 10.9. The predicted octanol–water partition coefficient (Wildman–Crippen LogP) is 4.67. The molecule has 0 amide bonds. The quantitative estimate of drug-likeness (QED) is 0.593. The van der Waals surface area contributed by atoms with Gasteiger partial charge in [-0.05, 0) is 40.2 Å². The van der Waals surface area contributed by atoms with Gasteiger partial charge in [-0.1, -0.05) is 17.7 Å². The van der Waals surface area contributed by atoms with Crippen LogP contribution in [-0.2, 0) is 0 Å². The molecule has 0 unspecified atom stereocenters. The van der Waals surface area contributed by atoms with Crippen molar-refractivity contribution in [2.45, 2.75) is 0 Å². The lowest BCUT2D eigenvalue weighted by Gasteiger charge is -2.09. The van der Waals surface area contributed by atoms with Crippen molar-refractivity contribution in [2.75, 3.05) is 0 Å². The Morgan fingerprint density at radius 2 is 2.05 bits per heavy atom. The van der Waals surface area contributed by atoms with Gasteiger partial charge in [0.15, 0.2) is 0 Å². The minimum Gasteiger partial charge on any atom is -0.455 e. The number of benzene rings is 2. The first-order valence-electron chi connectivity index (χ1n) is 5.33. The molecule has 20 heavy (non-hydrogen) atoms. The Kier molecular flexibility index (Phi) is 4.23. The van der Waals surface area contributed by atoms with Crippen LogP contribution >= 0.6 is 27.5 Å². The topological polar surface area (TPSA) is 76.2 Å². The minimum absolute atomic E-state index is 0.116. The Bertz CT molecular complexity index is 728. The summed E-state index contributed by atoms with van der Waals surface area (Å²) in [6.45, 7) is 0. The standard InChI is InChI=1S/C13H6BrClN2O3/c14-13-10(17(18)19)2-1-3-12(13)20-11-5-4-9(15)6-8(11)7-16/h1-6H. The molecule has 0 heterocycles. The van der Waals surface area contributed by atoms with Gasteiger partial charge in [-0.3, -0.25) is 10.1 Å². The highest BCUT2D eigenvalue weighted by molar-refractivity contribution is 9.10. The van der Waals surface area contributed by atoms with E-state index in [4.69, 9.17) is 21.6 Å². The number of nitro groups is 1. The number of nitro benzene ring substituents is 1. The maximum absolute atomic E-state index is 10.8. The van der Waals surface area contributed by atoms with Crippen LogP contribution in [0.3, 0.4) is 0 Å². The Balaban J connectivity index is 2.44. The number of nitrogens with zero attached hydrogens (tertiary/aromatic N) is 2. The van der Waals surface area contributed by atoms with E-state index in [0.717, 1.165) is 0 Å². The number of ether oxygens (including phenoxy) is 1. The van der Waals surface area contributed by atoms with Crippen LogP contribution < -0.4 is 4.74 Å². The van der Waals surface area contributed by atoms with Crippen molar-refractivity contribution in [3.63, 3.8) is 0 Å². The lowest BCUT2D eigenvalue weighted by atomic mass is 10.2. The summed E-state index contributed by atoms with van der Waals surface area (Å²) in [5.74, 6) is 0.524. The average Bonchev–Trinajstić information content (AvgIpc) is 2.42. The SMILES string of the molecule is N#Cc1cc(Cl)ccc1Oc1cccc([N+](=O)[O-])c1Br. The monoisotopic (exact) mass is 352 g/mol. The normalized spacial score (nSPS) is 9.85. The molecule has 0 atom stereocenters. The Labute approximate surface area is 127 Å². The molecule has 2 rings (SSSR count).